The Balaban J connectivity index is 0.00000288. The summed E-state index contributed by atoms with van der Waals surface area (Å²) in [5.74, 6) is 0.599. The Hall–Kier alpha value is -0.400. The molecule has 0 aliphatic heterocycles. The third kappa shape index (κ3) is 6.84. The molecule has 2 rings (SSSR count). The number of halogens is 5. The van der Waals surface area contributed by atoms with Crippen LogP contribution in [0.25, 0.3) is 0 Å². The summed E-state index contributed by atoms with van der Waals surface area (Å²) < 4.78 is 38.5. The minimum absolute atomic E-state index is 0. The number of nitrogens with one attached hydrogen (secondary N) is 2. The standard InChI is InChI=1S/C13H14BrF3N4S2.HI/c1-18-12(20-6-8-2-3-10(14)23-8)19-5-4-11-21-9(7-22-11)13(15,16)17;/h2-3,7H,4-6H2,1H3,(H2,18,19,20);1H. The van der Waals surface area contributed by atoms with Crippen LogP contribution < -0.4 is 10.6 Å². The highest BCUT2D eigenvalue weighted by molar-refractivity contribution is 14.0. The number of hydrogen-bond donors (Lipinski definition) is 2. The third-order valence-electron chi connectivity index (χ3n) is 2.76. The predicted molar refractivity (Wildman–Crippen MR) is 106 cm³/mol. The van der Waals surface area contributed by atoms with E-state index in [1.165, 1.54) is 0 Å². The SMILES string of the molecule is CN=C(NCCc1nc(C(F)(F)F)cs1)NCc1ccc(Br)s1.I. The molecule has 4 nitrogen and oxygen atoms in total. The van der Waals surface area contributed by atoms with Gasteiger partial charge in [0.2, 0.25) is 0 Å². The number of nitrogens with zero attached hydrogens (tertiary/aromatic N) is 2. The third-order valence-corrected chi connectivity index (χ3v) is 5.29. The summed E-state index contributed by atoms with van der Waals surface area (Å²) in [5.41, 5.74) is -0.830. The van der Waals surface area contributed by atoms with Crippen molar-refractivity contribution in [2.24, 2.45) is 4.99 Å². The van der Waals surface area contributed by atoms with Gasteiger partial charge in [-0.3, -0.25) is 4.99 Å². The van der Waals surface area contributed by atoms with Crippen LogP contribution in [0, 0.1) is 0 Å². The highest BCUT2D eigenvalue weighted by Gasteiger charge is 2.33. The number of aliphatic imine (C=N–C) groups is 1. The van der Waals surface area contributed by atoms with E-state index in [4.69, 9.17) is 0 Å². The second-order valence-electron chi connectivity index (χ2n) is 4.43. The lowest BCUT2D eigenvalue weighted by molar-refractivity contribution is -0.140. The van der Waals surface area contributed by atoms with Gasteiger partial charge in [0.15, 0.2) is 11.7 Å². The van der Waals surface area contributed by atoms with E-state index in [-0.39, 0.29) is 24.0 Å². The van der Waals surface area contributed by atoms with Crippen molar-refractivity contribution < 1.29 is 13.2 Å². The van der Waals surface area contributed by atoms with Gasteiger partial charge in [-0.25, -0.2) is 4.98 Å². The van der Waals surface area contributed by atoms with Gasteiger partial charge in [0.05, 0.1) is 15.3 Å². The van der Waals surface area contributed by atoms with Gasteiger partial charge in [-0.15, -0.1) is 46.7 Å². The van der Waals surface area contributed by atoms with Crippen molar-refractivity contribution in [1.29, 1.82) is 0 Å². The van der Waals surface area contributed by atoms with Gasteiger partial charge in [0.1, 0.15) is 0 Å². The Morgan fingerprint density at radius 2 is 2.08 bits per heavy atom. The molecule has 11 heteroatoms. The van der Waals surface area contributed by atoms with Crippen LogP contribution >= 0.6 is 62.6 Å². The first-order chi connectivity index (χ1) is 10.9. The Labute approximate surface area is 171 Å². The molecule has 0 aromatic carbocycles. The van der Waals surface area contributed by atoms with Crippen LogP contribution in [0.2, 0.25) is 0 Å². The van der Waals surface area contributed by atoms with Crippen molar-refractivity contribution >= 4 is 68.5 Å². The van der Waals surface area contributed by atoms with E-state index in [1.54, 1.807) is 18.4 Å². The minimum atomic E-state index is -4.38. The lowest BCUT2D eigenvalue weighted by atomic mass is 10.4. The van der Waals surface area contributed by atoms with Crippen LogP contribution in [-0.2, 0) is 19.1 Å². The predicted octanol–water partition coefficient (Wildman–Crippen LogP) is 4.51. The molecule has 2 aromatic rings. The summed E-state index contributed by atoms with van der Waals surface area (Å²) >= 11 is 6.04. The fourth-order valence-electron chi connectivity index (χ4n) is 1.68. The number of thiophene rings is 1. The van der Waals surface area contributed by atoms with Crippen molar-refractivity contribution in [3.63, 3.8) is 0 Å². The summed E-state index contributed by atoms with van der Waals surface area (Å²) in [6.45, 7) is 1.09. The first-order valence-electron chi connectivity index (χ1n) is 6.59. The van der Waals surface area contributed by atoms with Crippen LogP contribution in [0.3, 0.4) is 0 Å². The quantitative estimate of drug-likeness (QED) is 0.325. The molecule has 0 unspecified atom stereocenters. The number of hydrogen-bond acceptors (Lipinski definition) is 4. The first-order valence-corrected chi connectivity index (χ1v) is 9.07. The number of thiazole rings is 1. The zero-order chi connectivity index (χ0) is 16.9. The molecule has 0 radical (unpaired) electrons. The minimum Gasteiger partial charge on any atom is -0.356 e. The van der Waals surface area contributed by atoms with Gasteiger partial charge in [-0.1, -0.05) is 0 Å². The number of rotatable bonds is 5. The smallest absolute Gasteiger partial charge is 0.356 e. The molecular weight excluding hydrogens is 540 g/mol. The average molecular weight is 555 g/mol. The number of guanidine groups is 1. The Morgan fingerprint density at radius 1 is 1.33 bits per heavy atom. The summed E-state index contributed by atoms with van der Waals surface area (Å²) in [6.07, 6.45) is -3.97. The maximum Gasteiger partial charge on any atom is 0.434 e. The van der Waals surface area contributed by atoms with Crippen molar-refractivity contribution in [2.75, 3.05) is 13.6 Å². The summed E-state index contributed by atoms with van der Waals surface area (Å²) in [4.78, 5) is 8.81. The maximum absolute atomic E-state index is 12.5. The van der Waals surface area contributed by atoms with E-state index in [0.29, 0.717) is 30.5 Å². The molecule has 0 fully saturated rings. The molecule has 2 heterocycles. The first kappa shape index (κ1) is 21.6. The maximum atomic E-state index is 12.5. The molecular formula is C13H15BrF3IN4S2. The van der Waals surface area contributed by atoms with E-state index in [2.05, 4.69) is 36.5 Å². The Kier molecular flexibility index (Phi) is 8.95. The largest absolute Gasteiger partial charge is 0.434 e. The van der Waals surface area contributed by atoms with Crippen LogP contribution in [0.4, 0.5) is 13.2 Å². The molecule has 0 saturated heterocycles. The van der Waals surface area contributed by atoms with Gasteiger partial charge in [0, 0.05) is 30.3 Å². The topological polar surface area (TPSA) is 49.3 Å². The van der Waals surface area contributed by atoms with Crippen LogP contribution in [0.15, 0.2) is 26.3 Å². The van der Waals surface area contributed by atoms with Gasteiger partial charge in [0.25, 0.3) is 0 Å². The molecule has 0 spiro atoms. The van der Waals surface area contributed by atoms with Crippen LogP contribution in [-0.4, -0.2) is 24.5 Å². The molecule has 24 heavy (non-hydrogen) atoms. The molecule has 0 aliphatic rings. The van der Waals surface area contributed by atoms with Gasteiger partial charge < -0.3 is 10.6 Å². The second-order valence-corrected chi connectivity index (χ2v) is 7.92. The van der Waals surface area contributed by atoms with Crippen LogP contribution in [0.1, 0.15) is 15.6 Å². The van der Waals surface area contributed by atoms with E-state index in [1.807, 2.05) is 12.1 Å². The van der Waals surface area contributed by atoms with Gasteiger partial charge >= 0.3 is 6.18 Å². The van der Waals surface area contributed by atoms with Crippen molar-refractivity contribution in [3.8, 4) is 0 Å². The lowest BCUT2D eigenvalue weighted by Crippen LogP contribution is -2.37. The van der Waals surface area contributed by atoms with E-state index >= 15 is 0 Å². The molecule has 0 bridgehead atoms. The Morgan fingerprint density at radius 3 is 2.62 bits per heavy atom. The highest BCUT2D eigenvalue weighted by atomic mass is 127. The second kappa shape index (κ2) is 9.92. The number of aromatic nitrogens is 1. The lowest BCUT2D eigenvalue weighted by Gasteiger charge is -2.10. The van der Waals surface area contributed by atoms with Crippen LogP contribution in [0.5, 0.6) is 0 Å². The molecule has 0 amide bonds. The highest BCUT2D eigenvalue weighted by Crippen LogP contribution is 2.30. The molecule has 2 N–H and O–H groups in total. The molecule has 0 saturated carbocycles. The van der Waals surface area contributed by atoms with E-state index in [0.717, 1.165) is 25.4 Å². The normalized spacial score (nSPS) is 12.0. The summed E-state index contributed by atoms with van der Waals surface area (Å²) in [6, 6.07) is 3.97. The molecule has 134 valence electrons. The summed E-state index contributed by atoms with van der Waals surface area (Å²) in [7, 11) is 1.64. The molecule has 2 aromatic heterocycles. The van der Waals surface area contributed by atoms with E-state index in [9.17, 15) is 13.2 Å². The molecule has 0 aliphatic carbocycles. The fourth-order valence-corrected chi connectivity index (χ4v) is 3.91. The molecule has 0 atom stereocenters. The van der Waals surface area contributed by atoms with Gasteiger partial charge in [-0.2, -0.15) is 13.2 Å². The van der Waals surface area contributed by atoms with E-state index < -0.39 is 11.9 Å². The summed E-state index contributed by atoms with van der Waals surface area (Å²) in [5, 5.41) is 7.69. The number of alkyl halides is 3. The monoisotopic (exact) mass is 554 g/mol. The zero-order valence-electron chi connectivity index (χ0n) is 12.5. The Bertz CT molecular complexity index is 672. The van der Waals surface area contributed by atoms with Gasteiger partial charge in [-0.05, 0) is 28.1 Å². The van der Waals surface area contributed by atoms with Crippen molar-refractivity contribution in [3.05, 3.63) is 36.9 Å². The fraction of sp³-hybridized carbons (Fsp3) is 0.385. The zero-order valence-corrected chi connectivity index (χ0v) is 18.0. The average Bonchev–Trinajstić information content (AvgIpc) is 3.11. The van der Waals surface area contributed by atoms with Crippen molar-refractivity contribution in [2.45, 2.75) is 19.1 Å². The van der Waals surface area contributed by atoms with Crippen molar-refractivity contribution in [1.82, 2.24) is 15.6 Å².